The van der Waals surface area contributed by atoms with Gasteiger partial charge in [-0.2, -0.15) is 0 Å². The first kappa shape index (κ1) is 12.7. The van der Waals surface area contributed by atoms with Gasteiger partial charge in [-0.25, -0.2) is 0 Å². The lowest BCUT2D eigenvalue weighted by Gasteiger charge is -2.21. The van der Waals surface area contributed by atoms with Crippen molar-refractivity contribution in [2.45, 2.75) is 37.9 Å². The summed E-state index contributed by atoms with van der Waals surface area (Å²) in [6.07, 6.45) is 6.13. The third-order valence-electron chi connectivity index (χ3n) is 4.89. The molecule has 2 aliphatic rings. The maximum Gasteiger partial charge on any atom is 0.0472 e. The van der Waals surface area contributed by atoms with E-state index in [9.17, 15) is 0 Å². The highest BCUT2D eigenvalue weighted by Gasteiger charge is 2.36. The van der Waals surface area contributed by atoms with Crippen LogP contribution in [0.4, 0.5) is 0 Å². The average molecular weight is 290 g/mol. The van der Waals surface area contributed by atoms with E-state index in [0.717, 1.165) is 23.1 Å². The topological polar surface area (TPSA) is 31.1 Å². The quantitative estimate of drug-likeness (QED) is 0.909. The molecule has 2 atom stereocenters. The van der Waals surface area contributed by atoms with E-state index < -0.39 is 0 Å². The summed E-state index contributed by atoms with van der Waals surface area (Å²) in [5.41, 5.74) is 2.47. The molecular formula is C16H20ClN3. The normalized spacial score (nSPS) is 26.4. The number of benzene rings is 1. The van der Waals surface area contributed by atoms with E-state index >= 15 is 0 Å². The van der Waals surface area contributed by atoms with Gasteiger partial charge in [0.05, 0.1) is 0 Å². The Hall–Kier alpha value is -1.03. The van der Waals surface area contributed by atoms with Gasteiger partial charge in [0.2, 0.25) is 0 Å². The number of fused-ring (bicyclic) bond motifs is 2. The highest BCUT2D eigenvalue weighted by Crippen LogP contribution is 2.28. The maximum absolute atomic E-state index is 6.03. The lowest BCUT2D eigenvalue weighted by molar-refractivity contribution is 0.298. The molecule has 0 amide bonds. The molecule has 4 heteroatoms. The van der Waals surface area contributed by atoms with E-state index in [0.29, 0.717) is 6.04 Å². The van der Waals surface area contributed by atoms with Crippen molar-refractivity contribution in [3.05, 3.63) is 35.0 Å². The van der Waals surface area contributed by atoms with Gasteiger partial charge in [0.25, 0.3) is 0 Å². The molecule has 0 aliphatic carbocycles. The van der Waals surface area contributed by atoms with E-state index in [2.05, 4.69) is 27.5 Å². The number of nitrogens with zero attached hydrogens (tertiary/aromatic N) is 1. The number of halogens is 1. The van der Waals surface area contributed by atoms with Gasteiger partial charge in [0.1, 0.15) is 0 Å². The zero-order valence-corrected chi connectivity index (χ0v) is 12.3. The standard InChI is InChI=1S/C16H20ClN3/c17-12-3-4-13-11(10-19-15(13)8-12)9-18-14-5-7-20-6-1-2-16(14)20/h3-4,8,10,14,16,18-19H,1-2,5-7,9H2. The molecule has 3 heterocycles. The van der Waals surface area contributed by atoms with E-state index in [4.69, 9.17) is 11.6 Å². The van der Waals surface area contributed by atoms with Crippen molar-refractivity contribution in [2.24, 2.45) is 0 Å². The van der Waals surface area contributed by atoms with Crippen molar-refractivity contribution in [3.63, 3.8) is 0 Å². The summed E-state index contributed by atoms with van der Waals surface area (Å²) < 4.78 is 0. The lowest BCUT2D eigenvalue weighted by Crippen LogP contribution is -2.38. The average Bonchev–Trinajstić information content (AvgIpc) is 3.11. The van der Waals surface area contributed by atoms with Crippen LogP contribution in [0.1, 0.15) is 24.8 Å². The minimum Gasteiger partial charge on any atom is -0.361 e. The summed E-state index contributed by atoms with van der Waals surface area (Å²) in [4.78, 5) is 5.96. The van der Waals surface area contributed by atoms with Crippen molar-refractivity contribution in [3.8, 4) is 0 Å². The van der Waals surface area contributed by atoms with Gasteiger partial charge in [-0.1, -0.05) is 17.7 Å². The van der Waals surface area contributed by atoms with Gasteiger partial charge in [-0.3, -0.25) is 4.90 Å². The molecule has 4 rings (SSSR count). The Balaban J connectivity index is 1.48. The Labute approximate surface area is 124 Å². The number of nitrogens with one attached hydrogen (secondary N) is 2. The second-order valence-electron chi connectivity index (χ2n) is 6.03. The van der Waals surface area contributed by atoms with Crippen LogP contribution in [-0.4, -0.2) is 35.1 Å². The molecule has 2 fully saturated rings. The minimum atomic E-state index is 0.662. The predicted octanol–water partition coefficient (Wildman–Crippen LogP) is 3.15. The van der Waals surface area contributed by atoms with E-state index in [1.54, 1.807) is 0 Å². The summed E-state index contributed by atoms with van der Waals surface area (Å²) >= 11 is 6.03. The molecule has 20 heavy (non-hydrogen) atoms. The lowest BCUT2D eigenvalue weighted by atomic mass is 10.1. The molecule has 3 nitrogen and oxygen atoms in total. The fraction of sp³-hybridized carbons (Fsp3) is 0.500. The van der Waals surface area contributed by atoms with Crippen LogP contribution in [0.2, 0.25) is 5.02 Å². The van der Waals surface area contributed by atoms with E-state index in [-0.39, 0.29) is 0 Å². The first-order valence-electron chi connectivity index (χ1n) is 7.54. The van der Waals surface area contributed by atoms with E-state index in [1.807, 2.05) is 12.1 Å². The van der Waals surface area contributed by atoms with Crippen LogP contribution < -0.4 is 5.32 Å². The van der Waals surface area contributed by atoms with Crippen molar-refractivity contribution in [1.82, 2.24) is 15.2 Å². The van der Waals surface area contributed by atoms with Gasteiger partial charge >= 0.3 is 0 Å². The molecule has 0 spiro atoms. The number of hydrogen-bond donors (Lipinski definition) is 2. The molecule has 2 aromatic rings. The van der Waals surface area contributed by atoms with Gasteiger partial charge < -0.3 is 10.3 Å². The first-order valence-corrected chi connectivity index (χ1v) is 7.92. The second kappa shape index (κ2) is 5.06. The molecule has 2 N–H and O–H groups in total. The van der Waals surface area contributed by atoms with Crippen LogP contribution >= 0.6 is 11.6 Å². The SMILES string of the molecule is Clc1ccc2c(CNC3CCN4CCCC34)c[nH]c2c1. The summed E-state index contributed by atoms with van der Waals surface area (Å²) in [6, 6.07) is 7.51. The summed E-state index contributed by atoms with van der Waals surface area (Å²) in [5, 5.41) is 5.84. The van der Waals surface area contributed by atoms with Gasteiger partial charge in [0.15, 0.2) is 0 Å². The monoisotopic (exact) mass is 289 g/mol. The van der Waals surface area contributed by atoms with Crippen LogP contribution in [0.25, 0.3) is 10.9 Å². The Kier molecular flexibility index (Phi) is 3.21. The highest BCUT2D eigenvalue weighted by molar-refractivity contribution is 6.31. The van der Waals surface area contributed by atoms with Crippen LogP contribution in [0.3, 0.4) is 0 Å². The molecule has 0 radical (unpaired) electrons. The Bertz CT molecular complexity index is 621. The number of H-pyrrole nitrogens is 1. The zero-order valence-electron chi connectivity index (χ0n) is 11.5. The van der Waals surface area contributed by atoms with Crippen LogP contribution in [-0.2, 0) is 6.54 Å². The Morgan fingerprint density at radius 3 is 3.20 bits per heavy atom. The third kappa shape index (κ3) is 2.14. The molecule has 2 saturated heterocycles. The molecule has 0 bridgehead atoms. The zero-order chi connectivity index (χ0) is 13.5. The van der Waals surface area contributed by atoms with E-state index in [1.165, 1.54) is 43.3 Å². The van der Waals surface area contributed by atoms with Gasteiger partial charge in [-0.15, -0.1) is 0 Å². The van der Waals surface area contributed by atoms with Crippen molar-refractivity contribution < 1.29 is 0 Å². The first-order chi connectivity index (χ1) is 9.81. The van der Waals surface area contributed by atoms with Gasteiger partial charge in [-0.05, 0) is 43.5 Å². The summed E-state index contributed by atoms with van der Waals surface area (Å²) in [5.74, 6) is 0. The molecule has 106 valence electrons. The smallest absolute Gasteiger partial charge is 0.0472 e. The van der Waals surface area contributed by atoms with Crippen molar-refractivity contribution in [1.29, 1.82) is 0 Å². The Morgan fingerprint density at radius 2 is 2.25 bits per heavy atom. The largest absolute Gasteiger partial charge is 0.361 e. The number of rotatable bonds is 3. The third-order valence-corrected chi connectivity index (χ3v) is 5.13. The fourth-order valence-corrected chi connectivity index (χ4v) is 4.04. The van der Waals surface area contributed by atoms with Crippen LogP contribution in [0.5, 0.6) is 0 Å². The number of aromatic nitrogens is 1. The maximum atomic E-state index is 6.03. The molecule has 1 aromatic heterocycles. The van der Waals surface area contributed by atoms with Crippen LogP contribution in [0, 0.1) is 0 Å². The Morgan fingerprint density at radius 1 is 1.30 bits per heavy atom. The second-order valence-corrected chi connectivity index (χ2v) is 6.46. The van der Waals surface area contributed by atoms with Crippen molar-refractivity contribution >= 4 is 22.5 Å². The van der Waals surface area contributed by atoms with Gasteiger partial charge in [0, 0.05) is 47.3 Å². The molecule has 1 aromatic carbocycles. The number of hydrogen-bond acceptors (Lipinski definition) is 2. The molecule has 2 aliphatic heterocycles. The molecule has 0 saturated carbocycles. The summed E-state index contributed by atoms with van der Waals surface area (Å²) in [6.45, 7) is 3.51. The number of aromatic amines is 1. The van der Waals surface area contributed by atoms with Crippen LogP contribution in [0.15, 0.2) is 24.4 Å². The highest BCUT2D eigenvalue weighted by atomic mass is 35.5. The van der Waals surface area contributed by atoms with Crippen molar-refractivity contribution in [2.75, 3.05) is 13.1 Å². The minimum absolute atomic E-state index is 0.662. The summed E-state index contributed by atoms with van der Waals surface area (Å²) in [7, 11) is 0. The predicted molar refractivity (Wildman–Crippen MR) is 83.1 cm³/mol. The molecular weight excluding hydrogens is 270 g/mol. The fourth-order valence-electron chi connectivity index (χ4n) is 3.87. The molecule has 2 unspecified atom stereocenters.